The summed E-state index contributed by atoms with van der Waals surface area (Å²) in [5.41, 5.74) is 0.533. The molecular formula is C34H40N4O8. The number of phenolic OH excluding ortho intramolecular Hbond substituents is 1. The van der Waals surface area contributed by atoms with Gasteiger partial charge in [0.2, 0.25) is 5.91 Å². The van der Waals surface area contributed by atoms with Crippen LogP contribution in [0.5, 0.6) is 5.75 Å². The second kappa shape index (κ2) is 10.6. The molecule has 0 saturated heterocycles. The average Bonchev–Trinajstić information content (AvgIpc) is 2.93. The molecule has 5 rings (SSSR count). The molecule has 0 radical (unpaired) electrons. The summed E-state index contributed by atoms with van der Waals surface area (Å²) in [5.74, 6) is -9.72. The van der Waals surface area contributed by atoms with E-state index in [-0.39, 0.29) is 30.7 Å². The molecule has 12 heteroatoms. The number of primary amides is 1. The molecule has 0 spiro atoms. The highest BCUT2D eigenvalue weighted by Gasteiger charge is 2.76. The van der Waals surface area contributed by atoms with Crippen LogP contribution < -0.4 is 11.1 Å². The lowest BCUT2D eigenvalue weighted by Gasteiger charge is -2.61. The topological polar surface area (TPSA) is 197 Å². The van der Waals surface area contributed by atoms with Gasteiger partial charge in [-0.1, -0.05) is 34.6 Å². The number of carbonyl (C=O) groups excluding carboxylic acids is 6. The third-order valence-electron chi connectivity index (χ3n) is 10.3. The van der Waals surface area contributed by atoms with Gasteiger partial charge in [0, 0.05) is 29.9 Å². The maximum atomic E-state index is 14.5. The van der Waals surface area contributed by atoms with Crippen LogP contribution >= 0.6 is 0 Å². The molecule has 2 saturated carbocycles. The zero-order valence-corrected chi connectivity index (χ0v) is 27.1. The molecular weight excluding hydrogens is 592 g/mol. The van der Waals surface area contributed by atoms with E-state index in [1.54, 1.807) is 31.3 Å². The highest BCUT2D eigenvalue weighted by Crippen LogP contribution is 2.62. The van der Waals surface area contributed by atoms with Crippen molar-refractivity contribution in [2.45, 2.75) is 71.1 Å². The number of hydrogen-bond donors (Lipinski definition) is 4. The summed E-state index contributed by atoms with van der Waals surface area (Å²) in [6, 6.07) is 3.71. The van der Waals surface area contributed by atoms with E-state index in [1.165, 1.54) is 32.1 Å². The Hall–Kier alpha value is -4.29. The number of nitrogens with two attached hydrogens (primary N) is 1. The van der Waals surface area contributed by atoms with Crippen molar-refractivity contribution in [3.8, 4) is 5.75 Å². The van der Waals surface area contributed by atoms with Crippen LogP contribution in [-0.2, 0) is 37.6 Å². The lowest BCUT2D eigenvalue weighted by atomic mass is 9.42. The molecule has 0 bridgehead atoms. The van der Waals surface area contributed by atoms with Crippen molar-refractivity contribution in [2.75, 3.05) is 14.1 Å². The fraction of sp³-hybridized carbons (Fsp3) is 0.500. The van der Waals surface area contributed by atoms with Crippen LogP contribution in [0.2, 0.25) is 0 Å². The standard InChI is InChI=1S/C34H40N4O8/c1-31(2,3)19-11-17(14-37-30(45)16-9-8-10-36-13-16)18-12-32(4)15-33(5)26(38(6)7)25(41)21(29(35)44)27(42)34(33,46)28(43)22(32)24(40)20(18)23(19)39/h8-11,13,21-22,26,39,46H,12,14-15H2,1-7H3,(H2,35,44)(H,37,45)/t21?,22?,26-,32+,33+,34-/m1/s1. The van der Waals surface area contributed by atoms with Crippen LogP contribution in [0.4, 0.5) is 0 Å². The monoisotopic (exact) mass is 632 g/mol. The SMILES string of the molecule is CN(C)[C@@H]1C(=O)C(C(N)=O)C(=O)[C@@]2(O)C(=O)C3C(=O)c4c(O)c(C(C)(C)C)cc(CNC(=O)c5cccnc5)c4C[C@@]3(C)C[C@@]12C. The molecule has 12 nitrogen and oxygen atoms in total. The van der Waals surface area contributed by atoms with Crippen molar-refractivity contribution < 1.29 is 39.0 Å². The summed E-state index contributed by atoms with van der Waals surface area (Å²) in [6.45, 7) is 8.65. The fourth-order valence-electron chi connectivity index (χ4n) is 8.36. The van der Waals surface area contributed by atoms with Crippen molar-refractivity contribution >= 4 is 34.9 Å². The first-order chi connectivity index (χ1) is 21.2. The molecule has 0 aliphatic heterocycles. The van der Waals surface area contributed by atoms with Gasteiger partial charge in [0.25, 0.3) is 5.91 Å². The molecule has 1 aromatic carbocycles. The minimum Gasteiger partial charge on any atom is -0.507 e. The second-order valence-electron chi connectivity index (χ2n) is 14.7. The normalized spacial score (nSPS) is 30.8. The van der Waals surface area contributed by atoms with Crippen molar-refractivity contribution in [3.63, 3.8) is 0 Å². The van der Waals surface area contributed by atoms with Gasteiger partial charge < -0.3 is 21.3 Å². The number of aromatic nitrogens is 1. The smallest absolute Gasteiger partial charge is 0.253 e. The first-order valence-electron chi connectivity index (χ1n) is 15.1. The lowest BCUT2D eigenvalue weighted by Crippen LogP contribution is -2.79. The number of Topliss-reactive ketones (excluding diaryl/α,β-unsaturated/α-hetero) is 4. The van der Waals surface area contributed by atoms with Crippen LogP contribution in [0, 0.1) is 22.7 Å². The number of aliphatic hydroxyl groups is 1. The summed E-state index contributed by atoms with van der Waals surface area (Å²) in [6.07, 6.45) is 2.88. The van der Waals surface area contributed by atoms with Gasteiger partial charge in [-0.3, -0.25) is 38.7 Å². The number of phenols is 1. The number of rotatable bonds is 5. The van der Waals surface area contributed by atoms with Gasteiger partial charge in [-0.25, -0.2) is 0 Å². The highest BCUT2D eigenvalue weighted by atomic mass is 16.3. The zero-order chi connectivity index (χ0) is 34.3. The molecule has 1 aromatic heterocycles. The van der Waals surface area contributed by atoms with Crippen molar-refractivity contribution in [2.24, 2.45) is 28.4 Å². The van der Waals surface area contributed by atoms with E-state index in [2.05, 4.69) is 10.3 Å². The molecule has 5 N–H and O–H groups in total. The van der Waals surface area contributed by atoms with Crippen molar-refractivity contribution in [1.29, 1.82) is 0 Å². The number of aromatic hydroxyl groups is 1. The molecule has 1 heterocycles. The molecule has 3 aliphatic carbocycles. The number of amides is 2. The predicted molar refractivity (Wildman–Crippen MR) is 165 cm³/mol. The molecule has 46 heavy (non-hydrogen) atoms. The molecule has 3 aliphatic rings. The summed E-state index contributed by atoms with van der Waals surface area (Å²) in [7, 11) is 3.08. The first-order valence-corrected chi connectivity index (χ1v) is 15.1. The van der Waals surface area contributed by atoms with Crippen molar-refractivity contribution in [3.05, 3.63) is 58.4 Å². The van der Waals surface area contributed by atoms with Crippen LogP contribution in [0.25, 0.3) is 0 Å². The Kier molecular flexibility index (Phi) is 7.65. The second-order valence-corrected chi connectivity index (χ2v) is 14.7. The van der Waals surface area contributed by atoms with Crippen molar-refractivity contribution in [1.82, 2.24) is 15.2 Å². The van der Waals surface area contributed by atoms with Crippen LogP contribution in [0.15, 0.2) is 30.6 Å². The number of hydrogen-bond acceptors (Lipinski definition) is 10. The van der Waals surface area contributed by atoms with Gasteiger partial charge in [-0.2, -0.15) is 0 Å². The zero-order valence-electron chi connectivity index (χ0n) is 27.1. The summed E-state index contributed by atoms with van der Waals surface area (Å²) < 4.78 is 0. The number of carbonyl (C=O) groups is 6. The summed E-state index contributed by atoms with van der Waals surface area (Å²) >= 11 is 0. The van der Waals surface area contributed by atoms with E-state index in [0.717, 1.165) is 0 Å². The molecule has 2 fully saturated rings. The van der Waals surface area contributed by atoms with Gasteiger partial charge >= 0.3 is 0 Å². The number of fused-ring (bicyclic) bond motifs is 3. The van der Waals surface area contributed by atoms with E-state index >= 15 is 0 Å². The van der Waals surface area contributed by atoms with Crippen LogP contribution in [-0.4, -0.2) is 80.8 Å². The largest absolute Gasteiger partial charge is 0.507 e. The number of benzene rings is 1. The van der Waals surface area contributed by atoms with E-state index in [9.17, 15) is 39.0 Å². The number of ketones is 4. The maximum absolute atomic E-state index is 14.5. The minimum absolute atomic E-state index is 0.0137. The highest BCUT2D eigenvalue weighted by molar-refractivity contribution is 6.33. The molecule has 6 atom stereocenters. The molecule has 2 unspecified atom stereocenters. The Balaban J connectivity index is 1.69. The third kappa shape index (κ3) is 4.52. The van der Waals surface area contributed by atoms with E-state index < -0.39 is 74.7 Å². The lowest BCUT2D eigenvalue weighted by molar-refractivity contribution is -0.203. The van der Waals surface area contributed by atoms with E-state index in [1.807, 2.05) is 20.8 Å². The van der Waals surface area contributed by atoms with Gasteiger partial charge in [-0.05, 0) is 67.1 Å². The fourth-order valence-corrected chi connectivity index (χ4v) is 8.36. The molecule has 244 valence electrons. The Morgan fingerprint density at radius 2 is 1.78 bits per heavy atom. The predicted octanol–water partition coefficient (Wildman–Crippen LogP) is 1.27. The van der Waals surface area contributed by atoms with Crippen LogP contribution in [0.1, 0.15) is 78.4 Å². The Labute approximate surface area is 266 Å². The van der Waals surface area contributed by atoms with Crippen LogP contribution in [0.3, 0.4) is 0 Å². The Morgan fingerprint density at radius 1 is 1.13 bits per heavy atom. The first kappa shape index (κ1) is 33.1. The third-order valence-corrected chi connectivity index (χ3v) is 10.3. The summed E-state index contributed by atoms with van der Waals surface area (Å²) in [4.78, 5) is 87.2. The minimum atomic E-state index is -2.88. The number of nitrogens with zero attached hydrogens (tertiary/aromatic N) is 2. The maximum Gasteiger partial charge on any atom is 0.253 e. The number of nitrogens with one attached hydrogen (secondary N) is 1. The summed E-state index contributed by atoms with van der Waals surface area (Å²) in [5, 5.41) is 26.6. The molecule has 2 aromatic rings. The average molecular weight is 633 g/mol. The van der Waals surface area contributed by atoms with Gasteiger partial charge in [-0.15, -0.1) is 0 Å². The van der Waals surface area contributed by atoms with E-state index in [4.69, 9.17) is 5.73 Å². The van der Waals surface area contributed by atoms with E-state index in [0.29, 0.717) is 22.3 Å². The van der Waals surface area contributed by atoms with Gasteiger partial charge in [0.05, 0.1) is 23.1 Å². The number of pyridine rings is 1. The quantitative estimate of drug-likeness (QED) is 0.348. The Bertz CT molecular complexity index is 1710. The van der Waals surface area contributed by atoms with Gasteiger partial charge in [0.1, 0.15) is 5.75 Å². The Morgan fingerprint density at radius 3 is 2.33 bits per heavy atom. The van der Waals surface area contributed by atoms with Gasteiger partial charge in [0.15, 0.2) is 34.7 Å². The number of likely N-dealkylation sites (N-methyl/N-ethyl adjacent to an activating group) is 1. The molecule has 2 amide bonds.